The molecule has 0 saturated carbocycles. The minimum Gasteiger partial charge on any atom is -0.345 e. The molecule has 3 rings (SSSR count). The van der Waals surface area contributed by atoms with E-state index in [2.05, 4.69) is 36.3 Å². The topological polar surface area (TPSA) is 64.0 Å². The fraction of sp³-hybridized carbons (Fsp3) is 0.292. The predicted molar refractivity (Wildman–Crippen MR) is 121 cm³/mol. The molecule has 0 saturated heterocycles. The number of aromatic nitrogens is 2. The van der Waals surface area contributed by atoms with Gasteiger partial charge < -0.3 is 5.32 Å². The van der Waals surface area contributed by atoms with Gasteiger partial charge in [-0.05, 0) is 36.5 Å². The molecule has 0 bridgehead atoms. The van der Waals surface area contributed by atoms with Crippen molar-refractivity contribution in [2.24, 2.45) is 0 Å². The summed E-state index contributed by atoms with van der Waals surface area (Å²) < 4.78 is 2.01. The maximum atomic E-state index is 12.5. The van der Waals surface area contributed by atoms with Gasteiger partial charge in [0.25, 0.3) is 0 Å². The molecule has 156 valence electrons. The number of hydrogen-bond acceptors (Lipinski definition) is 4. The largest absolute Gasteiger partial charge is 0.345 e. The van der Waals surface area contributed by atoms with E-state index in [1.807, 2.05) is 53.2 Å². The summed E-state index contributed by atoms with van der Waals surface area (Å²) in [6, 6.07) is 17.4. The quantitative estimate of drug-likeness (QED) is 0.520. The van der Waals surface area contributed by atoms with Gasteiger partial charge in [-0.1, -0.05) is 74.1 Å². The Morgan fingerprint density at radius 3 is 2.47 bits per heavy atom. The van der Waals surface area contributed by atoms with Crippen molar-refractivity contribution in [3.8, 4) is 5.69 Å². The highest BCUT2D eigenvalue weighted by molar-refractivity contribution is 7.99. The second kappa shape index (κ2) is 10.3. The van der Waals surface area contributed by atoms with Crippen LogP contribution in [-0.2, 0) is 16.0 Å². The van der Waals surface area contributed by atoms with E-state index >= 15 is 0 Å². The van der Waals surface area contributed by atoms with Crippen LogP contribution in [0.1, 0.15) is 37.8 Å². The van der Waals surface area contributed by atoms with Crippen LogP contribution >= 0.6 is 11.8 Å². The molecule has 1 amide bonds. The van der Waals surface area contributed by atoms with Crippen molar-refractivity contribution in [1.29, 1.82) is 0 Å². The smallest absolute Gasteiger partial charge is 0.231 e. The number of benzene rings is 2. The number of imidazole rings is 1. The Kier molecular flexibility index (Phi) is 7.46. The average molecular weight is 422 g/mol. The number of amides is 1. The van der Waals surface area contributed by atoms with Crippen LogP contribution in [0.5, 0.6) is 0 Å². The van der Waals surface area contributed by atoms with Crippen molar-refractivity contribution in [3.63, 3.8) is 0 Å². The predicted octanol–water partition coefficient (Wildman–Crippen LogP) is 4.40. The summed E-state index contributed by atoms with van der Waals surface area (Å²) in [7, 11) is 0. The molecule has 1 aromatic heterocycles. The molecule has 0 aliphatic carbocycles. The minimum absolute atomic E-state index is 0.0513. The zero-order valence-electron chi connectivity index (χ0n) is 17.5. The zero-order chi connectivity index (χ0) is 21.5. The van der Waals surface area contributed by atoms with Crippen LogP contribution in [0.25, 0.3) is 5.69 Å². The lowest BCUT2D eigenvalue weighted by Gasteiger charge is -2.17. The summed E-state index contributed by atoms with van der Waals surface area (Å²) in [6.45, 7) is 5.83. The first kappa shape index (κ1) is 21.8. The molecule has 0 spiro atoms. The molecule has 1 heterocycles. The highest BCUT2D eigenvalue weighted by atomic mass is 32.2. The monoisotopic (exact) mass is 421 g/mol. The van der Waals surface area contributed by atoms with Crippen LogP contribution < -0.4 is 5.32 Å². The third-order valence-electron chi connectivity index (χ3n) is 4.87. The van der Waals surface area contributed by atoms with Gasteiger partial charge in [0.1, 0.15) is 0 Å². The van der Waals surface area contributed by atoms with Gasteiger partial charge in [0.2, 0.25) is 5.91 Å². The molecule has 0 aliphatic heterocycles. The van der Waals surface area contributed by atoms with Crippen molar-refractivity contribution in [3.05, 3.63) is 78.1 Å². The van der Waals surface area contributed by atoms with Crippen LogP contribution in [0.15, 0.2) is 72.1 Å². The Morgan fingerprint density at radius 2 is 1.77 bits per heavy atom. The first-order valence-corrected chi connectivity index (χ1v) is 11.0. The maximum absolute atomic E-state index is 12.5. The van der Waals surface area contributed by atoms with Gasteiger partial charge in [-0.25, -0.2) is 4.98 Å². The number of ketones is 1. The maximum Gasteiger partial charge on any atom is 0.231 e. The Bertz CT molecular complexity index is 998. The third-order valence-corrected chi connectivity index (χ3v) is 5.83. The lowest BCUT2D eigenvalue weighted by Crippen LogP contribution is -2.42. The number of nitrogens with one attached hydrogen (secondary N) is 1. The van der Waals surface area contributed by atoms with Crippen LogP contribution in [0.2, 0.25) is 0 Å². The number of para-hydroxylation sites is 1. The van der Waals surface area contributed by atoms with E-state index in [1.165, 1.54) is 24.2 Å². The fourth-order valence-corrected chi connectivity index (χ4v) is 4.06. The number of rotatable bonds is 9. The minimum atomic E-state index is -0.526. The molecule has 3 aromatic rings. The summed E-state index contributed by atoms with van der Waals surface area (Å²) in [4.78, 5) is 29.0. The van der Waals surface area contributed by atoms with Gasteiger partial charge >= 0.3 is 0 Å². The van der Waals surface area contributed by atoms with E-state index in [-0.39, 0.29) is 17.4 Å². The summed E-state index contributed by atoms with van der Waals surface area (Å²) in [5.74, 6) is 0.339. The molecule has 2 aromatic carbocycles. The number of thioether (sulfide) groups is 1. The second-order valence-corrected chi connectivity index (χ2v) is 8.44. The average Bonchev–Trinajstić information content (AvgIpc) is 3.21. The molecule has 1 unspecified atom stereocenters. The Hall–Kier alpha value is -2.86. The molecular formula is C24H27N3O2S. The SMILES string of the molecule is CC(=O)C(Cc1ccccc1)NC(=O)CSc1nccn1-c1ccccc1C(C)C. The molecule has 1 N–H and O–H groups in total. The number of hydrogen-bond donors (Lipinski definition) is 1. The Morgan fingerprint density at radius 1 is 1.07 bits per heavy atom. The lowest BCUT2D eigenvalue weighted by molar-refractivity contribution is -0.125. The van der Waals surface area contributed by atoms with E-state index < -0.39 is 6.04 Å². The highest BCUT2D eigenvalue weighted by Crippen LogP contribution is 2.27. The first-order valence-electron chi connectivity index (χ1n) is 10.0. The number of carbonyl (C=O) groups is 2. The van der Waals surface area contributed by atoms with Gasteiger partial charge in [0, 0.05) is 12.4 Å². The van der Waals surface area contributed by atoms with Crippen LogP contribution in [0, 0.1) is 0 Å². The van der Waals surface area contributed by atoms with Crippen molar-refractivity contribution >= 4 is 23.5 Å². The fourth-order valence-electron chi connectivity index (χ4n) is 3.29. The van der Waals surface area contributed by atoms with Crippen LogP contribution in [0.4, 0.5) is 0 Å². The molecule has 1 atom stereocenters. The summed E-state index contributed by atoms with van der Waals surface area (Å²) in [6.07, 6.45) is 4.14. The van der Waals surface area contributed by atoms with Gasteiger partial charge in [-0.2, -0.15) is 0 Å². The molecule has 30 heavy (non-hydrogen) atoms. The van der Waals surface area contributed by atoms with Gasteiger partial charge in [-0.3, -0.25) is 14.2 Å². The Labute approximate surface area is 181 Å². The number of carbonyl (C=O) groups excluding carboxylic acids is 2. The van der Waals surface area contributed by atoms with Crippen LogP contribution in [0.3, 0.4) is 0 Å². The second-order valence-electron chi connectivity index (χ2n) is 7.50. The number of nitrogens with zero attached hydrogens (tertiary/aromatic N) is 2. The molecule has 0 aliphatic rings. The van der Waals surface area contributed by atoms with Gasteiger partial charge in [-0.15, -0.1) is 0 Å². The summed E-state index contributed by atoms with van der Waals surface area (Å²) >= 11 is 1.37. The van der Waals surface area contributed by atoms with E-state index in [4.69, 9.17) is 0 Å². The molecule has 0 radical (unpaired) electrons. The van der Waals surface area contributed by atoms with Crippen LogP contribution in [-0.4, -0.2) is 33.0 Å². The van der Waals surface area contributed by atoms with E-state index in [9.17, 15) is 9.59 Å². The third kappa shape index (κ3) is 5.60. The standard InChI is InChI=1S/C24H27N3O2S/c1-17(2)20-11-7-8-12-22(20)27-14-13-25-24(27)30-16-23(29)26-21(18(3)28)15-19-9-5-4-6-10-19/h4-14,17,21H,15-16H2,1-3H3,(H,26,29). The molecular weight excluding hydrogens is 394 g/mol. The van der Waals surface area contributed by atoms with Gasteiger partial charge in [0.05, 0.1) is 17.5 Å². The molecule has 6 heteroatoms. The van der Waals surface area contributed by atoms with E-state index in [1.54, 1.807) is 6.20 Å². The van der Waals surface area contributed by atoms with Crippen molar-refractivity contribution in [2.75, 3.05) is 5.75 Å². The van der Waals surface area contributed by atoms with Crippen molar-refractivity contribution in [1.82, 2.24) is 14.9 Å². The number of Topliss-reactive ketones (excluding diaryl/α,β-unsaturated/α-hetero) is 1. The lowest BCUT2D eigenvalue weighted by atomic mass is 10.0. The Balaban J connectivity index is 1.66. The zero-order valence-corrected chi connectivity index (χ0v) is 18.4. The molecule has 5 nitrogen and oxygen atoms in total. The van der Waals surface area contributed by atoms with E-state index in [0.717, 1.165) is 16.4 Å². The molecule has 0 fully saturated rings. The summed E-state index contributed by atoms with van der Waals surface area (Å²) in [5.41, 5.74) is 3.31. The van der Waals surface area contributed by atoms with E-state index in [0.29, 0.717) is 12.3 Å². The highest BCUT2D eigenvalue weighted by Gasteiger charge is 2.19. The van der Waals surface area contributed by atoms with Crippen molar-refractivity contribution in [2.45, 2.75) is 44.3 Å². The van der Waals surface area contributed by atoms with Crippen molar-refractivity contribution < 1.29 is 9.59 Å². The first-order chi connectivity index (χ1) is 14.5. The van der Waals surface area contributed by atoms with Gasteiger partial charge in [0.15, 0.2) is 10.9 Å². The summed E-state index contributed by atoms with van der Waals surface area (Å²) in [5, 5.41) is 3.62. The normalized spacial score (nSPS) is 12.0.